The summed E-state index contributed by atoms with van der Waals surface area (Å²) < 4.78 is 40.2. The van der Waals surface area contributed by atoms with Crippen molar-refractivity contribution in [3.8, 4) is 0 Å². The van der Waals surface area contributed by atoms with Crippen molar-refractivity contribution in [3.05, 3.63) is 17.3 Å². The van der Waals surface area contributed by atoms with E-state index in [0.29, 0.717) is 0 Å². The Kier molecular flexibility index (Phi) is 3.13. The molecule has 1 unspecified atom stereocenters. The molecule has 0 aromatic carbocycles. The molecule has 1 aromatic heterocycles. The summed E-state index contributed by atoms with van der Waals surface area (Å²) in [7, 11) is 0. The van der Waals surface area contributed by atoms with E-state index in [9.17, 15) is 13.2 Å². The minimum absolute atomic E-state index is 0.0948. The molecule has 1 aliphatic rings. The molecule has 0 spiro atoms. The van der Waals surface area contributed by atoms with Crippen LogP contribution in [0.25, 0.3) is 0 Å². The average Bonchev–Trinajstić information content (AvgIpc) is 2.57. The van der Waals surface area contributed by atoms with E-state index >= 15 is 0 Å². The molecule has 2 heterocycles. The molecule has 0 aliphatic carbocycles. The van der Waals surface area contributed by atoms with E-state index in [1.165, 1.54) is 0 Å². The number of hydrogen-bond donors (Lipinski definition) is 1. The molecule has 1 atom stereocenters. The molecular formula is C9H9ClF3N3O. The average molecular weight is 268 g/mol. The standard InChI is InChI=1S/C9H9ClF3N3O/c10-8-14-3-5(11)7(15-8)16-2-1-9(12,13)6(16)4-17/h3,6,17H,1-2,4H2. The summed E-state index contributed by atoms with van der Waals surface area (Å²) in [4.78, 5) is 8.00. The van der Waals surface area contributed by atoms with Crippen LogP contribution in [-0.2, 0) is 0 Å². The lowest BCUT2D eigenvalue weighted by Gasteiger charge is -2.26. The molecule has 4 nitrogen and oxygen atoms in total. The largest absolute Gasteiger partial charge is 0.394 e. The molecule has 1 saturated heterocycles. The number of hydrogen-bond acceptors (Lipinski definition) is 4. The first-order valence-electron chi connectivity index (χ1n) is 4.89. The number of halogens is 4. The third-order valence-corrected chi connectivity index (χ3v) is 2.87. The van der Waals surface area contributed by atoms with Crippen molar-refractivity contribution in [2.24, 2.45) is 0 Å². The van der Waals surface area contributed by atoms with Crippen LogP contribution in [0, 0.1) is 5.82 Å². The van der Waals surface area contributed by atoms with Gasteiger partial charge >= 0.3 is 0 Å². The summed E-state index contributed by atoms with van der Waals surface area (Å²) in [6, 6.07) is -1.48. The fourth-order valence-electron chi connectivity index (χ4n) is 1.84. The Hall–Kier alpha value is -1.08. The van der Waals surface area contributed by atoms with Gasteiger partial charge in [0.2, 0.25) is 5.28 Å². The molecule has 8 heteroatoms. The fourth-order valence-corrected chi connectivity index (χ4v) is 1.97. The summed E-state index contributed by atoms with van der Waals surface area (Å²) in [5.41, 5.74) is 0. The summed E-state index contributed by atoms with van der Waals surface area (Å²) >= 11 is 5.49. The van der Waals surface area contributed by atoms with Gasteiger partial charge in [0.25, 0.3) is 5.92 Å². The molecule has 1 N–H and O–H groups in total. The molecule has 0 saturated carbocycles. The van der Waals surface area contributed by atoms with E-state index in [1.54, 1.807) is 0 Å². The van der Waals surface area contributed by atoms with Crippen molar-refractivity contribution in [3.63, 3.8) is 0 Å². The van der Waals surface area contributed by atoms with Gasteiger partial charge < -0.3 is 10.0 Å². The van der Waals surface area contributed by atoms with Crippen molar-refractivity contribution in [1.82, 2.24) is 9.97 Å². The Labute approximate surface area is 100 Å². The van der Waals surface area contributed by atoms with Gasteiger partial charge in [-0.3, -0.25) is 0 Å². The van der Waals surface area contributed by atoms with Crippen LogP contribution in [0.1, 0.15) is 6.42 Å². The number of rotatable bonds is 2. The lowest BCUT2D eigenvalue weighted by atomic mass is 10.1. The second-order valence-electron chi connectivity index (χ2n) is 3.71. The van der Waals surface area contributed by atoms with Crippen LogP contribution in [0.4, 0.5) is 19.0 Å². The zero-order valence-corrected chi connectivity index (χ0v) is 9.33. The zero-order valence-electron chi connectivity index (χ0n) is 8.58. The van der Waals surface area contributed by atoms with E-state index in [2.05, 4.69) is 9.97 Å². The quantitative estimate of drug-likeness (QED) is 0.825. The van der Waals surface area contributed by atoms with Gasteiger partial charge in [0.05, 0.1) is 12.8 Å². The molecule has 2 rings (SSSR count). The Morgan fingerprint density at radius 1 is 1.59 bits per heavy atom. The Bertz CT molecular complexity index is 432. The Morgan fingerprint density at radius 2 is 2.29 bits per heavy atom. The van der Waals surface area contributed by atoms with Crippen molar-refractivity contribution in [2.45, 2.75) is 18.4 Å². The van der Waals surface area contributed by atoms with E-state index < -0.39 is 30.8 Å². The van der Waals surface area contributed by atoms with E-state index in [1.807, 2.05) is 0 Å². The predicted molar refractivity (Wildman–Crippen MR) is 54.8 cm³/mol. The highest BCUT2D eigenvalue weighted by Crippen LogP contribution is 2.37. The monoisotopic (exact) mass is 267 g/mol. The Morgan fingerprint density at radius 3 is 2.94 bits per heavy atom. The van der Waals surface area contributed by atoms with Gasteiger partial charge in [-0.05, 0) is 11.6 Å². The van der Waals surface area contributed by atoms with Gasteiger partial charge in [-0.15, -0.1) is 0 Å². The summed E-state index contributed by atoms with van der Waals surface area (Å²) in [6.45, 7) is -0.878. The van der Waals surface area contributed by atoms with Crippen molar-refractivity contribution in [1.29, 1.82) is 0 Å². The number of anilines is 1. The summed E-state index contributed by atoms with van der Waals surface area (Å²) in [5, 5.41) is 8.74. The maximum Gasteiger partial charge on any atom is 0.271 e. The molecule has 0 radical (unpaired) electrons. The van der Waals surface area contributed by atoms with E-state index in [0.717, 1.165) is 11.1 Å². The number of aliphatic hydroxyl groups excluding tert-OH is 1. The van der Waals surface area contributed by atoms with E-state index in [-0.39, 0.29) is 17.6 Å². The summed E-state index contributed by atoms with van der Waals surface area (Å²) in [6.07, 6.45) is 0.356. The lowest BCUT2D eigenvalue weighted by Crippen LogP contribution is -2.42. The van der Waals surface area contributed by atoms with Crippen LogP contribution in [0.3, 0.4) is 0 Å². The normalized spacial score (nSPS) is 23.1. The smallest absolute Gasteiger partial charge is 0.271 e. The first kappa shape index (κ1) is 12.4. The molecule has 94 valence electrons. The number of nitrogens with zero attached hydrogens (tertiary/aromatic N) is 3. The third-order valence-electron chi connectivity index (χ3n) is 2.69. The van der Waals surface area contributed by atoms with Gasteiger partial charge in [0, 0.05) is 13.0 Å². The van der Waals surface area contributed by atoms with Gasteiger partial charge in [-0.1, -0.05) is 0 Å². The van der Waals surface area contributed by atoms with Gasteiger partial charge in [-0.25, -0.2) is 18.2 Å². The first-order valence-corrected chi connectivity index (χ1v) is 5.27. The van der Waals surface area contributed by atoms with Crippen LogP contribution < -0.4 is 4.90 Å². The lowest BCUT2D eigenvalue weighted by molar-refractivity contribution is -0.0219. The minimum Gasteiger partial charge on any atom is -0.394 e. The van der Waals surface area contributed by atoms with Crippen molar-refractivity contribution in [2.75, 3.05) is 18.1 Å². The number of aliphatic hydroxyl groups is 1. The maximum atomic E-state index is 13.4. The second kappa shape index (κ2) is 4.30. The highest BCUT2D eigenvalue weighted by atomic mass is 35.5. The third kappa shape index (κ3) is 2.16. The van der Waals surface area contributed by atoms with Gasteiger partial charge in [0.15, 0.2) is 11.6 Å². The molecule has 1 fully saturated rings. The van der Waals surface area contributed by atoms with Crippen molar-refractivity contribution < 1.29 is 18.3 Å². The number of aromatic nitrogens is 2. The van der Waals surface area contributed by atoms with Crippen LogP contribution >= 0.6 is 11.6 Å². The summed E-state index contributed by atoms with van der Waals surface area (Å²) in [5.74, 6) is -4.22. The highest BCUT2D eigenvalue weighted by molar-refractivity contribution is 6.28. The molecule has 1 aromatic rings. The topological polar surface area (TPSA) is 49.2 Å². The maximum absolute atomic E-state index is 13.4. The molecule has 17 heavy (non-hydrogen) atoms. The van der Waals surface area contributed by atoms with E-state index in [4.69, 9.17) is 16.7 Å². The second-order valence-corrected chi connectivity index (χ2v) is 4.05. The number of alkyl halides is 2. The minimum atomic E-state index is -3.07. The van der Waals surface area contributed by atoms with Crippen LogP contribution in [0.2, 0.25) is 5.28 Å². The van der Waals surface area contributed by atoms with Gasteiger partial charge in [0.1, 0.15) is 6.04 Å². The molecular weight excluding hydrogens is 259 g/mol. The SMILES string of the molecule is OCC1N(c2nc(Cl)ncc2F)CCC1(F)F. The zero-order chi connectivity index (χ0) is 12.6. The first-order chi connectivity index (χ1) is 7.95. The fraction of sp³-hybridized carbons (Fsp3) is 0.556. The van der Waals surface area contributed by atoms with Crippen LogP contribution in [0.5, 0.6) is 0 Å². The molecule has 1 aliphatic heterocycles. The van der Waals surface area contributed by atoms with Crippen molar-refractivity contribution >= 4 is 17.4 Å². The predicted octanol–water partition coefficient (Wildman–Crippen LogP) is 1.48. The molecule has 0 amide bonds. The van der Waals surface area contributed by atoms with Crippen LogP contribution in [0.15, 0.2) is 6.20 Å². The highest BCUT2D eigenvalue weighted by Gasteiger charge is 2.49. The molecule has 0 bridgehead atoms. The van der Waals surface area contributed by atoms with Gasteiger partial charge in [-0.2, -0.15) is 4.98 Å². The van der Waals surface area contributed by atoms with Crippen LogP contribution in [-0.4, -0.2) is 40.2 Å². The Balaban J connectivity index is 2.37.